The molecule has 0 aliphatic heterocycles. The van der Waals surface area contributed by atoms with Crippen molar-refractivity contribution in [2.24, 2.45) is 0 Å². The van der Waals surface area contributed by atoms with Gasteiger partial charge in [0.15, 0.2) is 0 Å². The minimum absolute atomic E-state index is 0.459. The number of thiazole rings is 1. The normalized spacial score (nSPS) is 10.8. The summed E-state index contributed by atoms with van der Waals surface area (Å²) >= 11 is 19.3. The summed E-state index contributed by atoms with van der Waals surface area (Å²) in [7, 11) is 0. The fraction of sp³-hybridized carbons (Fsp3) is 0.182. The Hall–Kier alpha value is -0.280. The minimum Gasteiger partial charge on any atom is -0.241 e. The fourth-order valence-corrected chi connectivity index (χ4v) is 2.83. The Morgan fingerprint density at radius 2 is 2.00 bits per heavy atom. The van der Waals surface area contributed by atoms with Gasteiger partial charge in [-0.3, -0.25) is 0 Å². The van der Waals surface area contributed by atoms with E-state index in [0.717, 1.165) is 21.1 Å². The lowest BCUT2D eigenvalue weighted by Gasteiger charge is -2.01. The molecule has 0 atom stereocenters. The fourth-order valence-electron chi connectivity index (χ4n) is 1.43. The van der Waals surface area contributed by atoms with Crippen LogP contribution in [-0.4, -0.2) is 4.98 Å². The molecule has 0 N–H and O–H groups in total. The molecule has 0 spiro atoms. The SMILES string of the molecule is Cc1nc(-c2ccc(Cl)c(Cl)c2)c(CCl)s1. The Kier molecular flexibility index (Phi) is 3.75. The predicted octanol–water partition coefficient (Wildman–Crippen LogP) is 5.16. The van der Waals surface area contributed by atoms with E-state index in [0.29, 0.717) is 15.9 Å². The van der Waals surface area contributed by atoms with Crippen molar-refractivity contribution in [1.29, 1.82) is 0 Å². The van der Waals surface area contributed by atoms with Gasteiger partial charge in [-0.2, -0.15) is 0 Å². The quantitative estimate of drug-likeness (QED) is 0.696. The Morgan fingerprint density at radius 3 is 2.62 bits per heavy atom. The molecule has 0 radical (unpaired) electrons. The van der Waals surface area contributed by atoms with Crippen LogP contribution in [0.1, 0.15) is 9.88 Å². The van der Waals surface area contributed by atoms with Gasteiger partial charge < -0.3 is 0 Å². The van der Waals surface area contributed by atoms with Gasteiger partial charge >= 0.3 is 0 Å². The molecular formula is C11H8Cl3NS. The van der Waals surface area contributed by atoms with Crippen LogP contribution in [0.2, 0.25) is 10.0 Å². The summed E-state index contributed by atoms with van der Waals surface area (Å²) in [6.45, 7) is 1.96. The van der Waals surface area contributed by atoms with E-state index in [-0.39, 0.29) is 0 Å². The lowest BCUT2D eigenvalue weighted by Crippen LogP contribution is -1.83. The summed E-state index contributed by atoms with van der Waals surface area (Å²) < 4.78 is 0. The van der Waals surface area contributed by atoms with Crippen molar-refractivity contribution in [1.82, 2.24) is 4.98 Å². The molecule has 1 aromatic heterocycles. The Bertz CT molecular complexity index is 522. The second kappa shape index (κ2) is 4.92. The van der Waals surface area contributed by atoms with Gasteiger partial charge in [0, 0.05) is 10.4 Å². The number of hydrogen-bond acceptors (Lipinski definition) is 2. The van der Waals surface area contributed by atoms with Crippen molar-refractivity contribution in [3.63, 3.8) is 0 Å². The maximum Gasteiger partial charge on any atom is 0.0904 e. The van der Waals surface area contributed by atoms with Gasteiger partial charge in [0.2, 0.25) is 0 Å². The molecule has 84 valence electrons. The third kappa shape index (κ3) is 2.35. The molecule has 5 heteroatoms. The van der Waals surface area contributed by atoms with Crippen LogP contribution in [-0.2, 0) is 5.88 Å². The highest BCUT2D eigenvalue weighted by Gasteiger charge is 2.11. The molecule has 0 saturated heterocycles. The number of benzene rings is 1. The van der Waals surface area contributed by atoms with Gasteiger partial charge in [-0.25, -0.2) is 4.98 Å². The Balaban J connectivity index is 2.53. The molecule has 2 aromatic rings. The molecule has 0 amide bonds. The maximum atomic E-state index is 5.98. The highest BCUT2D eigenvalue weighted by atomic mass is 35.5. The van der Waals surface area contributed by atoms with Crippen LogP contribution < -0.4 is 0 Å². The monoisotopic (exact) mass is 291 g/mol. The summed E-state index contributed by atoms with van der Waals surface area (Å²) in [5, 5.41) is 2.08. The molecule has 1 aromatic carbocycles. The highest BCUT2D eigenvalue weighted by molar-refractivity contribution is 7.12. The number of nitrogens with zero attached hydrogens (tertiary/aromatic N) is 1. The van der Waals surface area contributed by atoms with Crippen LogP contribution in [0.25, 0.3) is 11.3 Å². The number of alkyl halides is 1. The van der Waals surface area contributed by atoms with Crippen LogP contribution in [0.15, 0.2) is 18.2 Å². The van der Waals surface area contributed by atoms with Gasteiger partial charge in [0.1, 0.15) is 0 Å². The largest absolute Gasteiger partial charge is 0.241 e. The molecule has 0 fully saturated rings. The van der Waals surface area contributed by atoms with E-state index >= 15 is 0 Å². The van der Waals surface area contributed by atoms with Crippen molar-refractivity contribution < 1.29 is 0 Å². The average molecular weight is 293 g/mol. The summed E-state index contributed by atoms with van der Waals surface area (Å²) in [5.41, 5.74) is 1.85. The summed E-state index contributed by atoms with van der Waals surface area (Å²) in [6, 6.07) is 5.49. The van der Waals surface area contributed by atoms with Crippen molar-refractivity contribution in [2.45, 2.75) is 12.8 Å². The topological polar surface area (TPSA) is 12.9 Å². The summed E-state index contributed by atoms with van der Waals surface area (Å²) in [5.74, 6) is 0.459. The summed E-state index contributed by atoms with van der Waals surface area (Å²) in [4.78, 5) is 5.51. The van der Waals surface area contributed by atoms with Gasteiger partial charge in [0.25, 0.3) is 0 Å². The van der Waals surface area contributed by atoms with Crippen molar-refractivity contribution in [3.8, 4) is 11.3 Å². The zero-order valence-corrected chi connectivity index (χ0v) is 11.5. The van der Waals surface area contributed by atoms with Gasteiger partial charge in [-0.1, -0.05) is 29.3 Å². The van der Waals surface area contributed by atoms with Crippen LogP contribution in [0.4, 0.5) is 0 Å². The first-order chi connectivity index (χ1) is 7.61. The molecule has 0 aliphatic carbocycles. The third-order valence-corrected chi connectivity index (χ3v) is 4.25. The van der Waals surface area contributed by atoms with E-state index < -0.39 is 0 Å². The van der Waals surface area contributed by atoms with Gasteiger partial charge in [-0.15, -0.1) is 22.9 Å². The number of halogens is 3. The van der Waals surface area contributed by atoms with E-state index in [2.05, 4.69) is 4.98 Å². The molecule has 0 unspecified atom stereocenters. The molecule has 2 rings (SSSR count). The van der Waals surface area contributed by atoms with Crippen LogP contribution >= 0.6 is 46.1 Å². The second-order valence-corrected chi connectivity index (χ2v) is 5.64. The Morgan fingerprint density at radius 1 is 1.25 bits per heavy atom. The average Bonchev–Trinajstić information content (AvgIpc) is 2.63. The number of aromatic nitrogens is 1. The minimum atomic E-state index is 0.459. The van der Waals surface area contributed by atoms with Crippen LogP contribution in [0.3, 0.4) is 0 Å². The van der Waals surface area contributed by atoms with Crippen molar-refractivity contribution >= 4 is 46.1 Å². The van der Waals surface area contributed by atoms with E-state index in [4.69, 9.17) is 34.8 Å². The van der Waals surface area contributed by atoms with Gasteiger partial charge in [-0.05, 0) is 19.1 Å². The van der Waals surface area contributed by atoms with Crippen LogP contribution in [0, 0.1) is 6.92 Å². The molecule has 16 heavy (non-hydrogen) atoms. The molecule has 0 saturated carbocycles. The van der Waals surface area contributed by atoms with E-state index in [1.54, 1.807) is 17.4 Å². The lowest BCUT2D eigenvalue weighted by atomic mass is 10.1. The summed E-state index contributed by atoms with van der Waals surface area (Å²) in [6.07, 6.45) is 0. The number of aryl methyl sites for hydroxylation is 1. The number of rotatable bonds is 2. The standard InChI is InChI=1S/C11H8Cl3NS/c1-6-15-11(10(5-12)16-6)7-2-3-8(13)9(14)4-7/h2-4H,5H2,1H3. The molecular weight excluding hydrogens is 285 g/mol. The second-order valence-electron chi connectivity index (χ2n) is 3.27. The highest BCUT2D eigenvalue weighted by Crippen LogP contribution is 2.33. The van der Waals surface area contributed by atoms with E-state index in [1.807, 2.05) is 19.1 Å². The third-order valence-electron chi connectivity index (χ3n) is 2.12. The van der Waals surface area contributed by atoms with Gasteiger partial charge in [0.05, 0.1) is 26.6 Å². The van der Waals surface area contributed by atoms with Crippen LogP contribution in [0.5, 0.6) is 0 Å². The zero-order valence-electron chi connectivity index (χ0n) is 8.43. The van der Waals surface area contributed by atoms with Crippen molar-refractivity contribution in [3.05, 3.63) is 38.1 Å². The van der Waals surface area contributed by atoms with E-state index in [1.165, 1.54) is 0 Å². The van der Waals surface area contributed by atoms with Crippen molar-refractivity contribution in [2.75, 3.05) is 0 Å². The maximum absolute atomic E-state index is 5.98. The molecule has 0 aliphatic rings. The first-order valence-electron chi connectivity index (χ1n) is 4.59. The molecule has 1 nitrogen and oxygen atoms in total. The number of hydrogen-bond donors (Lipinski definition) is 0. The first kappa shape index (κ1) is 12.2. The smallest absolute Gasteiger partial charge is 0.0904 e. The lowest BCUT2D eigenvalue weighted by molar-refractivity contribution is 1.28. The first-order valence-corrected chi connectivity index (χ1v) is 6.70. The zero-order chi connectivity index (χ0) is 11.7. The Labute approximate surface area is 113 Å². The molecule has 0 bridgehead atoms. The molecule has 1 heterocycles. The predicted molar refractivity (Wildman–Crippen MR) is 71.9 cm³/mol. The van der Waals surface area contributed by atoms with E-state index in [9.17, 15) is 0 Å².